The van der Waals surface area contributed by atoms with Gasteiger partial charge in [-0.25, -0.2) is 9.18 Å². The van der Waals surface area contributed by atoms with E-state index in [0.29, 0.717) is 19.0 Å². The van der Waals surface area contributed by atoms with E-state index >= 15 is 0 Å². The van der Waals surface area contributed by atoms with Crippen LogP contribution in [0, 0.1) is 5.82 Å². The number of nitrogens with one attached hydrogen (secondary N) is 3. The monoisotopic (exact) mass is 518 g/mol. The molecule has 0 radical (unpaired) electrons. The first-order valence-corrected chi connectivity index (χ1v) is 9.70. The first kappa shape index (κ1) is 23.2. The maximum atomic E-state index is 13.5. The second kappa shape index (κ2) is 11.2. The van der Waals surface area contributed by atoms with E-state index < -0.39 is 0 Å². The minimum atomic E-state index is -0.365. The number of carbonyl (C=O) groups is 2. The number of piperidine rings is 1. The van der Waals surface area contributed by atoms with Crippen LogP contribution in [-0.4, -0.2) is 68.1 Å². The Morgan fingerprint density at radius 3 is 2.90 bits per heavy atom. The zero-order valence-corrected chi connectivity index (χ0v) is 18.8. The fourth-order valence-corrected chi connectivity index (χ4v) is 3.46. The Morgan fingerprint density at radius 2 is 2.21 bits per heavy atom. The summed E-state index contributed by atoms with van der Waals surface area (Å²) in [5, 5.41) is 9.11. The van der Waals surface area contributed by atoms with Crippen molar-refractivity contribution in [2.24, 2.45) is 4.99 Å². The number of hydrogen-bond donors (Lipinski definition) is 3. The van der Waals surface area contributed by atoms with E-state index in [0.717, 1.165) is 31.6 Å². The molecule has 0 spiro atoms. The molecular formula is C19H28FIN6O2. The number of amides is 3. The molecule has 2 aliphatic heterocycles. The van der Waals surface area contributed by atoms with Gasteiger partial charge < -0.3 is 20.9 Å². The maximum Gasteiger partial charge on any atom is 0.324 e. The van der Waals surface area contributed by atoms with Gasteiger partial charge in [0.25, 0.3) is 0 Å². The number of anilines is 1. The summed E-state index contributed by atoms with van der Waals surface area (Å²) >= 11 is 0. The Labute approximate surface area is 187 Å². The number of imide groups is 1. The molecule has 1 aromatic rings. The summed E-state index contributed by atoms with van der Waals surface area (Å²) in [6, 6.07) is 6.46. The molecule has 0 aliphatic carbocycles. The van der Waals surface area contributed by atoms with Crippen LogP contribution in [0.3, 0.4) is 0 Å². The number of urea groups is 1. The van der Waals surface area contributed by atoms with Gasteiger partial charge in [0.1, 0.15) is 5.82 Å². The van der Waals surface area contributed by atoms with Gasteiger partial charge >= 0.3 is 6.03 Å². The number of halogens is 2. The Hall–Kier alpha value is -2.11. The molecule has 0 saturated carbocycles. The molecule has 29 heavy (non-hydrogen) atoms. The summed E-state index contributed by atoms with van der Waals surface area (Å²) in [4.78, 5) is 31.0. The van der Waals surface area contributed by atoms with Crippen molar-refractivity contribution in [1.82, 2.24) is 20.9 Å². The van der Waals surface area contributed by atoms with E-state index in [4.69, 9.17) is 0 Å². The normalized spacial score (nSPS) is 19.7. The molecule has 3 N–H and O–H groups in total. The highest BCUT2D eigenvalue weighted by atomic mass is 127. The van der Waals surface area contributed by atoms with Gasteiger partial charge in [0.05, 0.1) is 19.6 Å². The quantitative estimate of drug-likeness (QED) is 0.230. The number of rotatable bonds is 6. The molecule has 1 unspecified atom stereocenters. The lowest BCUT2D eigenvalue weighted by Gasteiger charge is -2.35. The van der Waals surface area contributed by atoms with Gasteiger partial charge in [0.15, 0.2) is 5.96 Å². The standard InChI is InChI=1S/C19H27FN6O2.HI/c1-2-21-18(22-8-10-26-17(27)12-23-19(26)28)24-15-6-4-9-25(13-15)16-7-3-5-14(20)11-16;/h3,5,7,11,15H,2,4,6,8-10,12-13H2,1H3,(H,23,28)(H2,21,22,24);1H. The summed E-state index contributed by atoms with van der Waals surface area (Å²) in [6.45, 7) is 4.96. The molecule has 1 aromatic carbocycles. The lowest BCUT2D eigenvalue weighted by molar-refractivity contribution is -0.124. The Kier molecular flexibility index (Phi) is 8.93. The Balaban J connectivity index is 0.00000300. The van der Waals surface area contributed by atoms with Gasteiger partial charge in [0.2, 0.25) is 5.91 Å². The van der Waals surface area contributed by atoms with Crippen molar-refractivity contribution in [3.05, 3.63) is 30.1 Å². The molecule has 8 nitrogen and oxygen atoms in total. The van der Waals surface area contributed by atoms with E-state index in [9.17, 15) is 14.0 Å². The highest BCUT2D eigenvalue weighted by Crippen LogP contribution is 2.20. The maximum absolute atomic E-state index is 13.5. The third-order valence-corrected chi connectivity index (χ3v) is 4.81. The molecular weight excluding hydrogens is 490 g/mol. The predicted octanol–water partition coefficient (Wildman–Crippen LogP) is 1.52. The van der Waals surface area contributed by atoms with Crippen LogP contribution in [0.4, 0.5) is 14.9 Å². The summed E-state index contributed by atoms with van der Waals surface area (Å²) in [7, 11) is 0. The summed E-state index contributed by atoms with van der Waals surface area (Å²) in [5.41, 5.74) is 0.881. The van der Waals surface area contributed by atoms with E-state index in [1.54, 1.807) is 12.1 Å². The lowest BCUT2D eigenvalue weighted by atomic mass is 10.0. The fourth-order valence-electron chi connectivity index (χ4n) is 3.46. The van der Waals surface area contributed by atoms with Crippen molar-refractivity contribution in [3.63, 3.8) is 0 Å². The third kappa shape index (κ3) is 6.44. The summed E-state index contributed by atoms with van der Waals surface area (Å²) < 4.78 is 13.5. The molecule has 3 amide bonds. The van der Waals surface area contributed by atoms with Crippen molar-refractivity contribution in [3.8, 4) is 0 Å². The zero-order valence-electron chi connectivity index (χ0n) is 16.5. The van der Waals surface area contributed by atoms with Crippen LogP contribution in [-0.2, 0) is 4.79 Å². The summed E-state index contributed by atoms with van der Waals surface area (Å²) in [5.74, 6) is 0.194. The van der Waals surface area contributed by atoms with Crippen molar-refractivity contribution in [2.75, 3.05) is 44.2 Å². The Morgan fingerprint density at radius 1 is 1.38 bits per heavy atom. The first-order valence-electron chi connectivity index (χ1n) is 9.70. The van der Waals surface area contributed by atoms with Gasteiger partial charge in [-0.3, -0.25) is 14.7 Å². The van der Waals surface area contributed by atoms with Gasteiger partial charge in [-0.1, -0.05) is 6.07 Å². The van der Waals surface area contributed by atoms with Crippen molar-refractivity contribution in [1.29, 1.82) is 0 Å². The predicted molar refractivity (Wildman–Crippen MR) is 121 cm³/mol. The minimum absolute atomic E-state index is 0. The SMILES string of the molecule is CCNC(=NCCN1C(=O)CNC1=O)NC1CCCN(c2cccc(F)c2)C1.I. The minimum Gasteiger partial charge on any atom is -0.369 e. The molecule has 2 heterocycles. The van der Waals surface area contributed by atoms with Crippen molar-refractivity contribution >= 4 is 47.6 Å². The number of carbonyl (C=O) groups excluding carboxylic acids is 2. The second-order valence-corrected chi connectivity index (χ2v) is 6.87. The molecule has 0 aromatic heterocycles. The largest absolute Gasteiger partial charge is 0.369 e. The van der Waals surface area contributed by atoms with E-state index in [-0.39, 0.29) is 60.9 Å². The smallest absolute Gasteiger partial charge is 0.324 e. The average molecular weight is 518 g/mol. The van der Waals surface area contributed by atoms with Gasteiger partial charge in [-0.15, -0.1) is 24.0 Å². The van der Waals surface area contributed by atoms with E-state index in [2.05, 4.69) is 25.8 Å². The molecule has 2 aliphatic rings. The highest BCUT2D eigenvalue weighted by molar-refractivity contribution is 14.0. The highest BCUT2D eigenvalue weighted by Gasteiger charge is 2.27. The van der Waals surface area contributed by atoms with Crippen LogP contribution >= 0.6 is 24.0 Å². The third-order valence-electron chi connectivity index (χ3n) is 4.81. The van der Waals surface area contributed by atoms with Crippen LogP contribution in [0.5, 0.6) is 0 Å². The molecule has 0 bridgehead atoms. The Bertz CT molecular complexity index is 731. The van der Waals surface area contributed by atoms with Crippen molar-refractivity contribution in [2.45, 2.75) is 25.8 Å². The summed E-state index contributed by atoms with van der Waals surface area (Å²) in [6.07, 6.45) is 1.99. The zero-order chi connectivity index (χ0) is 19.9. The van der Waals surface area contributed by atoms with Crippen LogP contribution in [0.1, 0.15) is 19.8 Å². The van der Waals surface area contributed by atoms with Crippen LogP contribution in [0.15, 0.2) is 29.3 Å². The molecule has 2 saturated heterocycles. The van der Waals surface area contributed by atoms with E-state index in [1.165, 1.54) is 11.0 Å². The fraction of sp³-hybridized carbons (Fsp3) is 0.526. The van der Waals surface area contributed by atoms with Crippen LogP contribution in [0.25, 0.3) is 0 Å². The number of hydrogen-bond acceptors (Lipinski definition) is 4. The van der Waals surface area contributed by atoms with Gasteiger partial charge in [0, 0.05) is 31.4 Å². The molecule has 10 heteroatoms. The molecule has 160 valence electrons. The topological polar surface area (TPSA) is 89.1 Å². The van der Waals surface area contributed by atoms with Crippen LogP contribution < -0.4 is 20.9 Å². The van der Waals surface area contributed by atoms with E-state index in [1.807, 2.05) is 13.0 Å². The number of benzene rings is 1. The van der Waals surface area contributed by atoms with Crippen molar-refractivity contribution < 1.29 is 14.0 Å². The van der Waals surface area contributed by atoms with Gasteiger partial charge in [-0.05, 0) is 38.0 Å². The second-order valence-electron chi connectivity index (χ2n) is 6.87. The van der Waals surface area contributed by atoms with Crippen LogP contribution in [0.2, 0.25) is 0 Å². The number of nitrogens with zero attached hydrogens (tertiary/aromatic N) is 3. The lowest BCUT2D eigenvalue weighted by Crippen LogP contribution is -2.51. The first-order chi connectivity index (χ1) is 13.6. The number of guanidine groups is 1. The number of aliphatic imine (C=N–C) groups is 1. The molecule has 3 rings (SSSR count). The average Bonchev–Trinajstić information content (AvgIpc) is 3.00. The molecule has 1 atom stereocenters. The van der Waals surface area contributed by atoms with Gasteiger partial charge in [-0.2, -0.15) is 0 Å². The molecule has 2 fully saturated rings.